The molecular weight excluding hydrogens is 542 g/mol. The standard InChI is InChI=1S/C32H32F2N4O2S/c1-20-7-5-6-8-25(20)38-31-28(30(36-38)32(2,3)4)29(22-11-15-24(34)16-12-22)41-19-27(40)37(31)18-26(39)35-17-21-9-13-23(33)14-10-21/h5-16,29H,17-19H2,1-4H3,(H,35,39)/t29-/m0/s1. The summed E-state index contributed by atoms with van der Waals surface area (Å²) in [6.45, 7) is 8.16. The van der Waals surface area contributed by atoms with Gasteiger partial charge in [0.1, 0.15) is 24.0 Å². The highest BCUT2D eigenvalue weighted by Crippen LogP contribution is 2.48. The first-order chi connectivity index (χ1) is 19.5. The van der Waals surface area contributed by atoms with Crippen LogP contribution in [0.4, 0.5) is 14.6 Å². The molecule has 0 bridgehead atoms. The number of rotatable bonds is 6. The maximum absolute atomic E-state index is 13.9. The molecule has 2 amide bonds. The van der Waals surface area contributed by atoms with Crippen LogP contribution in [0.2, 0.25) is 0 Å². The van der Waals surface area contributed by atoms with Gasteiger partial charge in [-0.1, -0.05) is 63.2 Å². The molecule has 212 valence electrons. The van der Waals surface area contributed by atoms with Crippen molar-refractivity contribution < 1.29 is 18.4 Å². The predicted molar refractivity (Wildman–Crippen MR) is 158 cm³/mol. The number of hydrogen-bond acceptors (Lipinski definition) is 4. The van der Waals surface area contributed by atoms with Crippen molar-refractivity contribution in [1.82, 2.24) is 15.1 Å². The molecule has 0 unspecified atom stereocenters. The molecule has 1 aliphatic rings. The quantitative estimate of drug-likeness (QED) is 0.296. The summed E-state index contributed by atoms with van der Waals surface area (Å²) in [6, 6.07) is 20.0. The van der Waals surface area contributed by atoms with Gasteiger partial charge in [0.2, 0.25) is 11.8 Å². The number of carbonyl (C=O) groups is 2. The average Bonchev–Trinajstić information content (AvgIpc) is 3.27. The van der Waals surface area contributed by atoms with Crippen LogP contribution in [0.1, 0.15) is 54.0 Å². The Morgan fingerprint density at radius 1 is 1.00 bits per heavy atom. The molecular formula is C32H32F2N4O2S. The van der Waals surface area contributed by atoms with Gasteiger partial charge in [0.05, 0.1) is 22.4 Å². The van der Waals surface area contributed by atoms with E-state index in [2.05, 4.69) is 26.1 Å². The largest absolute Gasteiger partial charge is 0.350 e. The SMILES string of the molecule is Cc1ccccc1-n1nc(C(C)(C)C)c2c1N(CC(=O)NCc1ccc(F)cc1)C(=O)CS[C@H]2c1ccc(F)cc1. The molecule has 9 heteroatoms. The van der Waals surface area contributed by atoms with E-state index in [1.165, 1.54) is 40.9 Å². The fourth-order valence-electron chi connectivity index (χ4n) is 4.95. The topological polar surface area (TPSA) is 67.2 Å². The number of nitrogens with zero attached hydrogens (tertiary/aromatic N) is 3. The molecule has 1 aliphatic heterocycles. The maximum Gasteiger partial charge on any atom is 0.240 e. The lowest BCUT2D eigenvalue weighted by atomic mass is 9.87. The highest BCUT2D eigenvalue weighted by Gasteiger charge is 2.40. The van der Waals surface area contributed by atoms with E-state index in [-0.39, 0.29) is 47.5 Å². The number of hydrogen-bond donors (Lipinski definition) is 1. The zero-order chi connectivity index (χ0) is 29.3. The van der Waals surface area contributed by atoms with Crippen molar-refractivity contribution in [1.29, 1.82) is 0 Å². The number of benzene rings is 3. The number of aromatic nitrogens is 2. The molecule has 6 nitrogen and oxygen atoms in total. The molecule has 1 N–H and O–H groups in total. The first-order valence-corrected chi connectivity index (χ1v) is 14.5. The lowest BCUT2D eigenvalue weighted by molar-refractivity contribution is -0.123. The molecule has 0 saturated carbocycles. The average molecular weight is 575 g/mol. The number of amides is 2. The highest BCUT2D eigenvalue weighted by atomic mass is 32.2. The van der Waals surface area contributed by atoms with E-state index in [1.807, 2.05) is 31.2 Å². The molecule has 0 fully saturated rings. The van der Waals surface area contributed by atoms with Crippen molar-refractivity contribution in [3.05, 3.63) is 112 Å². The van der Waals surface area contributed by atoms with E-state index in [0.29, 0.717) is 5.82 Å². The normalized spacial score (nSPS) is 15.4. The molecule has 4 aromatic rings. The van der Waals surface area contributed by atoms with Crippen molar-refractivity contribution >= 4 is 29.4 Å². The number of thioether (sulfide) groups is 1. The molecule has 5 rings (SSSR count). The van der Waals surface area contributed by atoms with Crippen LogP contribution < -0.4 is 10.2 Å². The van der Waals surface area contributed by atoms with Gasteiger partial charge in [0, 0.05) is 17.5 Å². The first-order valence-electron chi connectivity index (χ1n) is 13.4. The van der Waals surface area contributed by atoms with E-state index in [9.17, 15) is 18.4 Å². The van der Waals surface area contributed by atoms with E-state index >= 15 is 0 Å². The third-order valence-electron chi connectivity index (χ3n) is 7.02. The predicted octanol–water partition coefficient (Wildman–Crippen LogP) is 6.24. The Labute approximate surface area is 242 Å². The number of nitrogens with one attached hydrogen (secondary N) is 1. The molecule has 0 spiro atoms. The second kappa shape index (κ2) is 11.5. The maximum atomic E-state index is 13.9. The van der Waals surface area contributed by atoms with Gasteiger partial charge < -0.3 is 5.32 Å². The zero-order valence-electron chi connectivity index (χ0n) is 23.4. The molecule has 2 heterocycles. The van der Waals surface area contributed by atoms with Crippen molar-refractivity contribution in [2.45, 2.75) is 44.9 Å². The summed E-state index contributed by atoms with van der Waals surface area (Å²) in [7, 11) is 0. The van der Waals surface area contributed by atoms with Gasteiger partial charge in [0.15, 0.2) is 0 Å². The molecule has 0 saturated heterocycles. The zero-order valence-corrected chi connectivity index (χ0v) is 24.3. The van der Waals surface area contributed by atoms with Gasteiger partial charge in [-0.3, -0.25) is 14.5 Å². The first kappa shape index (κ1) is 28.5. The van der Waals surface area contributed by atoms with Crippen LogP contribution in [0.5, 0.6) is 0 Å². The minimum Gasteiger partial charge on any atom is -0.350 e. The number of fused-ring (bicyclic) bond motifs is 1. The molecule has 1 atom stereocenters. The van der Waals surface area contributed by atoms with Crippen LogP contribution in [0.3, 0.4) is 0 Å². The van der Waals surface area contributed by atoms with Crippen LogP contribution in [-0.4, -0.2) is 33.9 Å². The van der Waals surface area contributed by atoms with Crippen LogP contribution >= 0.6 is 11.8 Å². The van der Waals surface area contributed by atoms with Crippen molar-refractivity contribution in [3.8, 4) is 5.69 Å². The Hall–Kier alpha value is -3.98. The Morgan fingerprint density at radius 3 is 2.27 bits per heavy atom. The van der Waals surface area contributed by atoms with Gasteiger partial charge in [-0.05, 0) is 53.9 Å². The third-order valence-corrected chi connectivity index (χ3v) is 8.28. The summed E-state index contributed by atoms with van der Waals surface area (Å²) in [5.41, 5.74) is 4.58. The second-order valence-electron chi connectivity index (χ2n) is 11.2. The molecule has 1 aromatic heterocycles. The number of carbonyl (C=O) groups excluding carboxylic acids is 2. The van der Waals surface area contributed by atoms with Crippen LogP contribution in [0.25, 0.3) is 5.69 Å². The van der Waals surface area contributed by atoms with Crippen molar-refractivity contribution in [2.24, 2.45) is 0 Å². The summed E-state index contributed by atoms with van der Waals surface area (Å²) >= 11 is 1.44. The highest BCUT2D eigenvalue weighted by molar-refractivity contribution is 8.00. The second-order valence-corrected chi connectivity index (χ2v) is 12.3. The molecule has 0 aliphatic carbocycles. The minimum absolute atomic E-state index is 0.124. The van der Waals surface area contributed by atoms with Gasteiger partial charge >= 0.3 is 0 Å². The van der Waals surface area contributed by atoms with Crippen LogP contribution in [-0.2, 0) is 21.5 Å². The van der Waals surface area contributed by atoms with Crippen molar-refractivity contribution in [3.63, 3.8) is 0 Å². The van der Waals surface area contributed by atoms with E-state index in [4.69, 9.17) is 5.10 Å². The molecule has 3 aromatic carbocycles. The Morgan fingerprint density at radius 2 is 1.63 bits per heavy atom. The number of aryl methyl sites for hydroxylation is 1. The van der Waals surface area contributed by atoms with Crippen molar-refractivity contribution in [2.75, 3.05) is 17.2 Å². The van der Waals surface area contributed by atoms with Gasteiger partial charge in [-0.15, -0.1) is 11.8 Å². The van der Waals surface area contributed by atoms with Gasteiger partial charge in [-0.2, -0.15) is 5.10 Å². The minimum atomic E-state index is -0.402. The fraction of sp³-hybridized carbons (Fsp3) is 0.281. The van der Waals surface area contributed by atoms with Crippen LogP contribution in [0.15, 0.2) is 72.8 Å². The lowest BCUT2D eigenvalue weighted by Gasteiger charge is -2.25. The summed E-state index contributed by atoms with van der Waals surface area (Å²) in [5.74, 6) is -0.615. The van der Waals surface area contributed by atoms with Gasteiger partial charge in [0.25, 0.3) is 0 Å². The molecule has 41 heavy (non-hydrogen) atoms. The number of anilines is 1. The van der Waals surface area contributed by atoms with Crippen LogP contribution in [0, 0.1) is 18.6 Å². The number of halogens is 2. The van der Waals surface area contributed by atoms with E-state index in [1.54, 1.807) is 28.9 Å². The smallest absolute Gasteiger partial charge is 0.240 e. The van der Waals surface area contributed by atoms with Gasteiger partial charge in [-0.25, -0.2) is 13.5 Å². The lowest BCUT2D eigenvalue weighted by Crippen LogP contribution is -2.42. The molecule has 0 radical (unpaired) electrons. The Kier molecular flexibility index (Phi) is 8.00. The summed E-state index contributed by atoms with van der Waals surface area (Å²) in [6.07, 6.45) is 0. The monoisotopic (exact) mass is 574 g/mol. The van der Waals surface area contributed by atoms with E-state index in [0.717, 1.165) is 33.6 Å². The summed E-state index contributed by atoms with van der Waals surface area (Å²) in [5, 5.41) is 7.64. The Bertz CT molecular complexity index is 1580. The fourth-order valence-corrected chi connectivity index (χ4v) is 6.14. The van der Waals surface area contributed by atoms with E-state index < -0.39 is 5.41 Å². The summed E-state index contributed by atoms with van der Waals surface area (Å²) < 4.78 is 29.0. The third kappa shape index (κ3) is 6.05. The summed E-state index contributed by atoms with van der Waals surface area (Å²) in [4.78, 5) is 28.5. The Balaban J connectivity index is 1.64. The number of para-hydroxylation sites is 1.